The van der Waals surface area contributed by atoms with Gasteiger partial charge >= 0.3 is 0 Å². The molecule has 1 aliphatic heterocycles. The molecular formula is C21H21N3O4S. The lowest BCUT2D eigenvalue weighted by Gasteiger charge is -2.34. The fourth-order valence-corrected chi connectivity index (χ4v) is 4.73. The molecule has 2 heterocycles. The van der Waals surface area contributed by atoms with Gasteiger partial charge in [0.05, 0.1) is 11.1 Å². The van der Waals surface area contributed by atoms with Crippen LogP contribution in [0.25, 0.3) is 11.3 Å². The highest BCUT2D eigenvalue weighted by molar-refractivity contribution is 7.89. The molecule has 0 saturated carbocycles. The highest BCUT2D eigenvalue weighted by atomic mass is 32.2. The third-order valence-electron chi connectivity index (χ3n) is 5.03. The van der Waals surface area contributed by atoms with Gasteiger partial charge in [-0.1, -0.05) is 29.8 Å². The first-order valence-corrected chi connectivity index (χ1v) is 10.7. The molecule has 0 unspecified atom stereocenters. The summed E-state index contributed by atoms with van der Waals surface area (Å²) in [5.41, 5.74) is 2.41. The second-order valence-electron chi connectivity index (χ2n) is 6.95. The van der Waals surface area contributed by atoms with Crippen LogP contribution < -0.4 is 0 Å². The Morgan fingerprint density at radius 1 is 0.966 bits per heavy atom. The number of carbonyl (C=O) groups excluding carboxylic acids is 1. The van der Waals surface area contributed by atoms with Gasteiger partial charge in [-0.15, -0.1) is 0 Å². The number of oxazole rings is 1. The molecule has 0 spiro atoms. The van der Waals surface area contributed by atoms with E-state index in [0.717, 1.165) is 11.1 Å². The molecule has 7 nitrogen and oxygen atoms in total. The second kappa shape index (κ2) is 7.81. The van der Waals surface area contributed by atoms with E-state index >= 15 is 0 Å². The number of benzene rings is 2. The number of piperazine rings is 1. The Labute approximate surface area is 169 Å². The van der Waals surface area contributed by atoms with Crippen molar-refractivity contribution in [3.8, 4) is 11.3 Å². The summed E-state index contributed by atoms with van der Waals surface area (Å²) in [6.45, 7) is 3.18. The molecule has 0 radical (unpaired) electrons. The van der Waals surface area contributed by atoms with E-state index < -0.39 is 10.0 Å². The van der Waals surface area contributed by atoms with Crippen molar-refractivity contribution in [2.45, 2.75) is 11.8 Å². The van der Waals surface area contributed by atoms with E-state index in [4.69, 9.17) is 4.42 Å². The molecule has 1 amide bonds. The molecule has 1 saturated heterocycles. The summed E-state index contributed by atoms with van der Waals surface area (Å²) in [6.07, 6.45) is 2.98. The highest BCUT2D eigenvalue weighted by Crippen LogP contribution is 2.21. The van der Waals surface area contributed by atoms with Crippen molar-refractivity contribution in [3.05, 3.63) is 72.2 Å². The zero-order chi connectivity index (χ0) is 20.4. The van der Waals surface area contributed by atoms with Crippen LogP contribution in [-0.4, -0.2) is 54.7 Å². The zero-order valence-electron chi connectivity index (χ0n) is 16.0. The standard InChI is InChI=1S/C21H21N3O4S/c1-16-2-8-19(9-3-16)29(26,27)24-12-10-23(11-13-24)21(25)18-6-4-17(5-7-18)20-14-22-15-28-20/h2-9,14-15H,10-13H2,1H3. The van der Waals surface area contributed by atoms with Crippen molar-refractivity contribution >= 4 is 15.9 Å². The van der Waals surface area contributed by atoms with E-state index in [0.29, 0.717) is 24.4 Å². The predicted molar refractivity (Wildman–Crippen MR) is 108 cm³/mol. The summed E-state index contributed by atoms with van der Waals surface area (Å²) < 4.78 is 32.3. The van der Waals surface area contributed by atoms with Crippen molar-refractivity contribution in [1.29, 1.82) is 0 Å². The number of hydrogen-bond acceptors (Lipinski definition) is 5. The second-order valence-corrected chi connectivity index (χ2v) is 8.89. The van der Waals surface area contributed by atoms with Crippen LogP contribution in [0.3, 0.4) is 0 Å². The number of rotatable bonds is 4. The Morgan fingerprint density at radius 2 is 1.62 bits per heavy atom. The number of aromatic nitrogens is 1. The van der Waals surface area contributed by atoms with Crippen LogP contribution in [0.15, 0.2) is 70.4 Å². The van der Waals surface area contributed by atoms with Crippen molar-refractivity contribution in [3.63, 3.8) is 0 Å². The molecule has 4 rings (SSSR count). The SMILES string of the molecule is Cc1ccc(S(=O)(=O)N2CCN(C(=O)c3ccc(-c4cnco4)cc3)CC2)cc1. The van der Waals surface area contributed by atoms with Crippen molar-refractivity contribution < 1.29 is 17.6 Å². The molecule has 8 heteroatoms. The maximum absolute atomic E-state index is 12.8. The van der Waals surface area contributed by atoms with E-state index in [1.165, 1.54) is 10.7 Å². The Kier molecular flexibility index (Phi) is 5.21. The zero-order valence-corrected chi connectivity index (χ0v) is 16.8. The summed E-state index contributed by atoms with van der Waals surface area (Å²) in [7, 11) is -3.54. The van der Waals surface area contributed by atoms with Gasteiger partial charge in [0.2, 0.25) is 10.0 Å². The monoisotopic (exact) mass is 411 g/mol. The van der Waals surface area contributed by atoms with Gasteiger partial charge in [-0.3, -0.25) is 4.79 Å². The van der Waals surface area contributed by atoms with Gasteiger partial charge < -0.3 is 9.32 Å². The Balaban J connectivity index is 1.41. The predicted octanol–water partition coefficient (Wildman–Crippen LogP) is 2.80. The molecule has 0 aliphatic carbocycles. The number of amides is 1. The normalized spacial score (nSPS) is 15.4. The minimum atomic E-state index is -3.54. The first-order valence-electron chi connectivity index (χ1n) is 9.30. The van der Waals surface area contributed by atoms with Crippen LogP contribution in [0.5, 0.6) is 0 Å². The van der Waals surface area contributed by atoms with Crippen molar-refractivity contribution in [2.24, 2.45) is 0 Å². The molecule has 0 bridgehead atoms. The van der Waals surface area contributed by atoms with Gasteiger partial charge in [-0.2, -0.15) is 4.31 Å². The molecule has 2 aromatic carbocycles. The first kappa shape index (κ1) is 19.4. The van der Waals surface area contributed by atoms with E-state index in [2.05, 4.69) is 4.98 Å². The van der Waals surface area contributed by atoms with E-state index in [1.54, 1.807) is 47.5 Å². The summed E-state index contributed by atoms with van der Waals surface area (Å²) in [4.78, 5) is 18.6. The maximum Gasteiger partial charge on any atom is 0.253 e. The largest absolute Gasteiger partial charge is 0.444 e. The molecule has 0 N–H and O–H groups in total. The van der Waals surface area contributed by atoms with Crippen molar-refractivity contribution in [1.82, 2.24) is 14.2 Å². The van der Waals surface area contributed by atoms with Gasteiger partial charge in [-0.05, 0) is 31.2 Å². The Hall–Kier alpha value is -2.97. The van der Waals surface area contributed by atoms with Gasteiger partial charge in [0, 0.05) is 37.3 Å². The minimum Gasteiger partial charge on any atom is -0.444 e. The lowest BCUT2D eigenvalue weighted by Crippen LogP contribution is -2.50. The van der Waals surface area contributed by atoms with Crippen LogP contribution in [0.1, 0.15) is 15.9 Å². The highest BCUT2D eigenvalue weighted by Gasteiger charge is 2.30. The average Bonchev–Trinajstić information content (AvgIpc) is 3.29. The van der Waals surface area contributed by atoms with Crippen LogP contribution in [0.4, 0.5) is 0 Å². The summed E-state index contributed by atoms with van der Waals surface area (Å²) in [5, 5.41) is 0. The number of aryl methyl sites for hydroxylation is 1. The number of sulfonamides is 1. The lowest BCUT2D eigenvalue weighted by atomic mass is 10.1. The van der Waals surface area contributed by atoms with Crippen LogP contribution in [0.2, 0.25) is 0 Å². The number of hydrogen-bond donors (Lipinski definition) is 0. The van der Waals surface area contributed by atoms with Gasteiger partial charge in [0.1, 0.15) is 0 Å². The van der Waals surface area contributed by atoms with Crippen LogP contribution >= 0.6 is 0 Å². The van der Waals surface area contributed by atoms with Crippen LogP contribution in [-0.2, 0) is 10.0 Å². The van der Waals surface area contributed by atoms with E-state index in [-0.39, 0.29) is 23.9 Å². The third kappa shape index (κ3) is 3.94. The Bertz CT molecular complexity index is 1080. The molecule has 1 aliphatic rings. The molecular weight excluding hydrogens is 390 g/mol. The molecule has 29 heavy (non-hydrogen) atoms. The average molecular weight is 411 g/mol. The molecule has 0 atom stereocenters. The minimum absolute atomic E-state index is 0.110. The molecule has 3 aromatic rings. The molecule has 150 valence electrons. The molecule has 1 aromatic heterocycles. The van der Waals surface area contributed by atoms with Crippen molar-refractivity contribution in [2.75, 3.05) is 26.2 Å². The lowest BCUT2D eigenvalue weighted by molar-refractivity contribution is 0.0698. The first-order chi connectivity index (χ1) is 13.9. The summed E-state index contributed by atoms with van der Waals surface area (Å²) >= 11 is 0. The van der Waals surface area contributed by atoms with Crippen LogP contribution in [0, 0.1) is 6.92 Å². The summed E-state index contributed by atoms with van der Waals surface area (Å²) in [5.74, 6) is 0.528. The third-order valence-corrected chi connectivity index (χ3v) is 6.95. The van der Waals surface area contributed by atoms with E-state index in [9.17, 15) is 13.2 Å². The summed E-state index contributed by atoms with van der Waals surface area (Å²) in [6, 6.07) is 13.9. The quantitative estimate of drug-likeness (QED) is 0.659. The van der Waals surface area contributed by atoms with E-state index in [1.807, 2.05) is 19.1 Å². The smallest absolute Gasteiger partial charge is 0.253 e. The fourth-order valence-electron chi connectivity index (χ4n) is 3.31. The fraction of sp³-hybridized carbons (Fsp3) is 0.238. The number of nitrogens with zero attached hydrogens (tertiary/aromatic N) is 3. The molecule has 1 fully saturated rings. The maximum atomic E-state index is 12.8. The Morgan fingerprint density at radius 3 is 2.21 bits per heavy atom. The van der Waals surface area contributed by atoms with Gasteiger partial charge in [0.25, 0.3) is 5.91 Å². The number of carbonyl (C=O) groups is 1. The van der Waals surface area contributed by atoms with Gasteiger partial charge in [-0.25, -0.2) is 13.4 Å². The topological polar surface area (TPSA) is 83.7 Å². The van der Waals surface area contributed by atoms with Gasteiger partial charge in [0.15, 0.2) is 12.2 Å².